The Hall–Kier alpha value is -4.56. The quantitative estimate of drug-likeness (QED) is 0.343. The first-order valence-corrected chi connectivity index (χ1v) is 16.6. The van der Waals surface area contributed by atoms with E-state index in [4.69, 9.17) is 28.4 Å². The molecule has 1 heterocycles. The van der Waals surface area contributed by atoms with Gasteiger partial charge >= 0.3 is 0 Å². The summed E-state index contributed by atoms with van der Waals surface area (Å²) >= 11 is 0. The van der Waals surface area contributed by atoms with Crippen molar-refractivity contribution < 1.29 is 28.4 Å². The minimum atomic E-state index is 0.240. The third kappa shape index (κ3) is 17.7. The van der Waals surface area contributed by atoms with Crippen LogP contribution in [0, 0.1) is 0 Å². The predicted octanol–water partition coefficient (Wildman–Crippen LogP) is 4.54. The summed E-state index contributed by atoms with van der Waals surface area (Å²) < 4.78 is 33.4. The molecule has 6 bridgehead atoms. The maximum atomic E-state index is 5.63. The Kier molecular flexibility index (Phi) is 19.4. The molecule has 0 atom stereocenters. The van der Waals surface area contributed by atoms with Gasteiger partial charge in [-0.25, -0.2) is 0 Å². The molecule has 4 rings (SSSR count). The smallest absolute Gasteiger partial charge is 0.137 e. The van der Waals surface area contributed by atoms with Crippen LogP contribution in [0.15, 0.2) is 103 Å². The van der Waals surface area contributed by atoms with Crippen molar-refractivity contribution in [3.8, 4) is 0 Å². The second-order valence-electron chi connectivity index (χ2n) is 10.7. The number of nitrogens with zero attached hydrogens (tertiary/aromatic N) is 6. The Balaban J connectivity index is 1.23. The maximum absolute atomic E-state index is 5.63. The highest BCUT2D eigenvalue weighted by atomic mass is 16.5. The summed E-state index contributed by atoms with van der Waals surface area (Å²) in [6.07, 6.45) is 10.8. The molecule has 0 aliphatic carbocycles. The largest absolute Gasteiger partial charge is 0.377 e. The molecular formula is C38H46N6O6. The van der Waals surface area contributed by atoms with E-state index in [1.807, 2.05) is 85.2 Å². The van der Waals surface area contributed by atoms with Gasteiger partial charge in [0.15, 0.2) is 0 Å². The highest BCUT2D eigenvalue weighted by Crippen LogP contribution is 2.04. The van der Waals surface area contributed by atoms with E-state index in [2.05, 4.69) is 30.0 Å². The molecule has 264 valence electrons. The maximum Gasteiger partial charge on any atom is 0.137 e. The topological polar surface area (TPSA) is 130 Å². The van der Waals surface area contributed by atoms with Crippen LogP contribution >= 0.6 is 0 Å². The Morgan fingerprint density at radius 3 is 0.860 bits per heavy atom. The predicted molar refractivity (Wildman–Crippen MR) is 200 cm³/mol. The van der Waals surface area contributed by atoms with Crippen LogP contribution in [0.4, 0.5) is 0 Å². The fourth-order valence-corrected chi connectivity index (χ4v) is 4.33. The van der Waals surface area contributed by atoms with E-state index in [1.54, 1.807) is 24.9 Å². The van der Waals surface area contributed by atoms with Crippen molar-refractivity contribution in [2.45, 2.75) is 0 Å². The molecule has 0 saturated carbocycles. The minimum Gasteiger partial charge on any atom is -0.377 e. The molecule has 12 nitrogen and oxygen atoms in total. The summed E-state index contributed by atoms with van der Waals surface area (Å²) in [6.45, 7) is 5.86. The summed E-state index contributed by atoms with van der Waals surface area (Å²) in [6, 6.07) is 23.8. The number of hydrogen-bond donors (Lipinski definition) is 0. The average molecular weight is 683 g/mol. The molecule has 12 heteroatoms. The third-order valence-corrected chi connectivity index (χ3v) is 6.68. The van der Waals surface area contributed by atoms with Gasteiger partial charge in [0.05, 0.1) is 65.9 Å². The van der Waals surface area contributed by atoms with Crippen molar-refractivity contribution in [3.05, 3.63) is 106 Å². The van der Waals surface area contributed by atoms with Gasteiger partial charge in [-0.1, -0.05) is 54.6 Å². The van der Waals surface area contributed by atoms with Crippen LogP contribution in [-0.2, 0) is 28.4 Å². The van der Waals surface area contributed by atoms with Crippen molar-refractivity contribution in [2.75, 3.05) is 92.9 Å². The molecule has 1 aliphatic rings. The van der Waals surface area contributed by atoms with E-state index in [1.165, 1.54) is 0 Å². The number of rotatable bonds is 0. The molecule has 3 aromatic carbocycles. The summed E-state index contributed by atoms with van der Waals surface area (Å²) in [7, 11) is 0. The third-order valence-electron chi connectivity index (χ3n) is 6.68. The molecule has 0 N–H and O–H groups in total. The van der Waals surface area contributed by atoms with Crippen LogP contribution in [0.5, 0.6) is 0 Å². The van der Waals surface area contributed by atoms with Gasteiger partial charge in [-0.15, -0.1) is 0 Å². The number of ether oxygens (including phenoxy) is 6. The van der Waals surface area contributed by atoms with Crippen molar-refractivity contribution in [3.63, 3.8) is 0 Å². The summed E-state index contributed by atoms with van der Waals surface area (Å²) in [5.74, 6) is 0. The van der Waals surface area contributed by atoms with Crippen molar-refractivity contribution in [1.82, 2.24) is 0 Å². The Morgan fingerprint density at radius 1 is 0.300 bits per heavy atom. The zero-order valence-corrected chi connectivity index (χ0v) is 28.4. The first-order valence-electron chi connectivity index (χ1n) is 16.6. The van der Waals surface area contributed by atoms with Gasteiger partial charge in [0.2, 0.25) is 0 Å². The number of benzene rings is 3. The minimum absolute atomic E-state index is 0.240. The zero-order chi connectivity index (χ0) is 34.6. The molecule has 1 aliphatic heterocycles. The van der Waals surface area contributed by atoms with Gasteiger partial charge in [0.25, 0.3) is 0 Å². The molecule has 0 spiro atoms. The van der Waals surface area contributed by atoms with Crippen LogP contribution in [0.3, 0.4) is 0 Å². The van der Waals surface area contributed by atoms with Gasteiger partial charge in [-0.3, -0.25) is 30.0 Å². The Labute approximate surface area is 294 Å². The Bertz CT molecular complexity index is 1450. The lowest BCUT2D eigenvalue weighted by atomic mass is 10.1. The molecule has 0 aromatic heterocycles. The molecule has 0 radical (unpaired) electrons. The second-order valence-corrected chi connectivity index (χ2v) is 10.7. The highest BCUT2D eigenvalue weighted by molar-refractivity contribution is 5.87. The van der Waals surface area contributed by atoms with E-state index in [-0.39, 0.29) is 26.9 Å². The fraction of sp³-hybridized carbons (Fsp3) is 0.368. The van der Waals surface area contributed by atoms with Gasteiger partial charge in [0.1, 0.15) is 26.9 Å². The van der Waals surface area contributed by atoms with E-state index >= 15 is 0 Å². The number of fused-ring (bicyclic) bond motifs is 6. The van der Waals surface area contributed by atoms with E-state index < -0.39 is 0 Å². The fourth-order valence-electron chi connectivity index (χ4n) is 4.33. The van der Waals surface area contributed by atoms with Crippen LogP contribution in [0.25, 0.3) is 0 Å². The molecule has 0 saturated heterocycles. The van der Waals surface area contributed by atoms with Crippen molar-refractivity contribution in [2.24, 2.45) is 30.0 Å². The SMILES string of the molecule is C1=NCCOCCOCCN=Cc2cccc(c2)C=NCOCCOCN=Cc2cccc(c2)C=NCOCCOCN=Cc2cccc1c2. The molecule has 3 aromatic rings. The lowest BCUT2D eigenvalue weighted by Gasteiger charge is -2.03. The molecular weight excluding hydrogens is 636 g/mol. The van der Waals surface area contributed by atoms with E-state index in [0.29, 0.717) is 65.9 Å². The van der Waals surface area contributed by atoms with E-state index in [9.17, 15) is 0 Å². The highest BCUT2D eigenvalue weighted by Gasteiger charge is 1.96. The lowest BCUT2D eigenvalue weighted by molar-refractivity contribution is 0.0541. The molecule has 0 fully saturated rings. The van der Waals surface area contributed by atoms with Gasteiger partial charge in [-0.2, -0.15) is 0 Å². The van der Waals surface area contributed by atoms with Gasteiger partial charge < -0.3 is 28.4 Å². The van der Waals surface area contributed by atoms with Crippen LogP contribution in [-0.4, -0.2) is 130 Å². The Morgan fingerprint density at radius 2 is 0.560 bits per heavy atom. The summed E-state index contributed by atoms with van der Waals surface area (Å²) in [5, 5.41) is 0. The van der Waals surface area contributed by atoms with Crippen molar-refractivity contribution >= 4 is 37.3 Å². The molecule has 50 heavy (non-hydrogen) atoms. The van der Waals surface area contributed by atoms with Crippen molar-refractivity contribution in [1.29, 1.82) is 0 Å². The zero-order valence-electron chi connectivity index (χ0n) is 28.4. The van der Waals surface area contributed by atoms with Gasteiger partial charge in [0, 0.05) is 37.3 Å². The van der Waals surface area contributed by atoms with Gasteiger partial charge in [-0.05, 0) is 51.6 Å². The lowest BCUT2D eigenvalue weighted by Crippen LogP contribution is -2.08. The first-order chi connectivity index (χ1) is 24.8. The van der Waals surface area contributed by atoms with Crippen LogP contribution in [0.1, 0.15) is 33.4 Å². The number of aliphatic imine (C=N–C) groups is 6. The molecule has 0 unspecified atom stereocenters. The van der Waals surface area contributed by atoms with Crippen LogP contribution < -0.4 is 0 Å². The first kappa shape index (κ1) is 38.2. The number of hydrogen-bond acceptors (Lipinski definition) is 12. The normalized spacial score (nSPS) is 17.5. The molecule has 0 amide bonds. The second kappa shape index (κ2) is 25.4. The summed E-state index contributed by atoms with van der Waals surface area (Å²) in [5.41, 5.74) is 5.83. The summed E-state index contributed by atoms with van der Waals surface area (Å²) in [4.78, 5) is 26.3. The van der Waals surface area contributed by atoms with E-state index in [0.717, 1.165) is 33.4 Å². The monoisotopic (exact) mass is 682 g/mol. The standard InChI is InChI=1S/C38H46N6O6/c1-4-33-20-35(6-1)25-41-29-47-16-18-49-31-43-27-37-8-3-9-38(22-37)28-44-32-50-19-17-48-30-42-26-36-7-2-5-34(21-36)24-40-11-13-46-15-14-45-12-10-39-23-33/h1-9,20-28H,10-19,29-32H2. The van der Waals surface area contributed by atoms with Crippen LogP contribution in [0.2, 0.25) is 0 Å². The average Bonchev–Trinajstić information content (AvgIpc) is 3.14.